The molecule has 0 spiro atoms. The van der Waals surface area contributed by atoms with Gasteiger partial charge in [0.2, 0.25) is 0 Å². The highest BCUT2D eigenvalue weighted by atomic mass is 16.7. The van der Waals surface area contributed by atoms with Crippen LogP contribution in [0.4, 0.5) is 0 Å². The number of carbonyl (C=O) groups is 1. The zero-order valence-corrected chi connectivity index (χ0v) is 20.3. The van der Waals surface area contributed by atoms with E-state index < -0.39 is 17.8 Å². The van der Waals surface area contributed by atoms with Gasteiger partial charge in [0, 0.05) is 25.5 Å². The number of ether oxygens (including phenoxy) is 5. The maximum Gasteiger partial charge on any atom is 0.331 e. The van der Waals surface area contributed by atoms with Gasteiger partial charge < -0.3 is 28.8 Å². The number of hydrogen-bond acceptors (Lipinski definition) is 7. The number of benzene rings is 2. The Morgan fingerprint density at radius 1 is 1.09 bits per heavy atom. The van der Waals surface area contributed by atoms with Crippen molar-refractivity contribution in [3.63, 3.8) is 0 Å². The lowest BCUT2D eigenvalue weighted by Gasteiger charge is -2.31. The molecule has 0 fully saturated rings. The van der Waals surface area contributed by atoms with Crippen molar-refractivity contribution in [2.45, 2.75) is 50.8 Å². The fraction of sp³-hybridized carbons (Fsp3) is 0.393. The second-order valence-corrected chi connectivity index (χ2v) is 8.49. The molecular weight excluding hydrogens is 448 g/mol. The van der Waals surface area contributed by atoms with Crippen LogP contribution in [0.2, 0.25) is 0 Å². The first-order valence-electron chi connectivity index (χ1n) is 11.7. The Labute approximate surface area is 206 Å². The van der Waals surface area contributed by atoms with E-state index in [4.69, 9.17) is 23.7 Å². The van der Waals surface area contributed by atoms with Gasteiger partial charge in [0.25, 0.3) is 0 Å². The lowest BCUT2D eigenvalue weighted by Crippen LogP contribution is -2.41. The van der Waals surface area contributed by atoms with Gasteiger partial charge in [0.05, 0.1) is 26.4 Å². The summed E-state index contributed by atoms with van der Waals surface area (Å²) in [6.07, 6.45) is 6.46. The number of hydrogen-bond donors (Lipinski definition) is 1. The van der Waals surface area contributed by atoms with Crippen molar-refractivity contribution in [1.29, 1.82) is 0 Å². The molecule has 0 unspecified atom stereocenters. The van der Waals surface area contributed by atoms with Crippen LogP contribution >= 0.6 is 0 Å². The number of cyclic esters (lactones) is 1. The van der Waals surface area contributed by atoms with Crippen LogP contribution in [0.15, 0.2) is 78.9 Å². The molecule has 0 radical (unpaired) electrons. The minimum atomic E-state index is -1.33. The molecule has 2 aromatic rings. The quantitative estimate of drug-likeness (QED) is 0.186. The fourth-order valence-electron chi connectivity index (χ4n) is 3.57. The van der Waals surface area contributed by atoms with Crippen molar-refractivity contribution >= 4 is 5.97 Å². The third-order valence-corrected chi connectivity index (χ3v) is 5.61. The maximum atomic E-state index is 11.5. The van der Waals surface area contributed by atoms with Gasteiger partial charge in [-0.1, -0.05) is 54.6 Å². The van der Waals surface area contributed by atoms with Crippen LogP contribution in [0.1, 0.15) is 30.9 Å². The minimum Gasteiger partial charge on any atom is -0.497 e. The number of esters is 1. The molecule has 188 valence electrons. The van der Waals surface area contributed by atoms with Gasteiger partial charge in [0.15, 0.2) is 0 Å². The van der Waals surface area contributed by atoms with Crippen LogP contribution in [0.25, 0.3) is 0 Å². The van der Waals surface area contributed by atoms with Gasteiger partial charge in [0.1, 0.15) is 24.2 Å². The largest absolute Gasteiger partial charge is 0.497 e. The Hall–Kier alpha value is -2.97. The highest BCUT2D eigenvalue weighted by Crippen LogP contribution is 2.21. The summed E-state index contributed by atoms with van der Waals surface area (Å²) in [5, 5.41) is 11.2. The zero-order valence-electron chi connectivity index (χ0n) is 20.3. The minimum absolute atomic E-state index is 0.0170. The van der Waals surface area contributed by atoms with Crippen LogP contribution in [-0.4, -0.2) is 49.4 Å². The lowest BCUT2D eigenvalue weighted by molar-refractivity contribution is -0.152. The van der Waals surface area contributed by atoms with E-state index in [2.05, 4.69) is 0 Å². The van der Waals surface area contributed by atoms with Gasteiger partial charge in [-0.3, -0.25) is 0 Å². The van der Waals surface area contributed by atoms with E-state index in [9.17, 15) is 9.90 Å². The van der Waals surface area contributed by atoms with E-state index in [0.29, 0.717) is 32.7 Å². The number of carbonyl (C=O) groups excluding carboxylic acids is 1. The number of methoxy groups -OCH3 is 1. The average Bonchev–Trinajstić information content (AvgIpc) is 2.87. The summed E-state index contributed by atoms with van der Waals surface area (Å²) in [5.41, 5.74) is 0.732. The first-order valence-corrected chi connectivity index (χ1v) is 11.7. The molecule has 0 saturated heterocycles. The average molecular weight is 483 g/mol. The Morgan fingerprint density at radius 2 is 1.80 bits per heavy atom. The summed E-state index contributed by atoms with van der Waals surface area (Å²) in [6.45, 7) is 2.90. The standard InChI is InChI=1S/C28H34O7/c1-28(30,17-15-25-9-6-10-27(29)35-25)26(34-21-33-20-22-7-4-3-5-8-22)16-18-32-19-23-11-13-24(31-2)14-12-23/h3-8,10-15,17,25-26,30H,9,16,18-21H2,1-2H3/b17-15+/t25-,26-,28-/m1/s1. The van der Waals surface area contributed by atoms with Crippen molar-refractivity contribution in [2.24, 2.45) is 0 Å². The fourth-order valence-corrected chi connectivity index (χ4v) is 3.57. The Bertz CT molecular complexity index is 951. The summed E-state index contributed by atoms with van der Waals surface area (Å²) in [5.74, 6) is 0.402. The Morgan fingerprint density at radius 3 is 2.51 bits per heavy atom. The second-order valence-electron chi connectivity index (χ2n) is 8.49. The van der Waals surface area contributed by atoms with Crippen molar-refractivity contribution in [2.75, 3.05) is 20.5 Å². The molecule has 3 atom stereocenters. The summed E-state index contributed by atoms with van der Waals surface area (Å²) in [4.78, 5) is 11.5. The second kappa shape index (κ2) is 13.8. The third kappa shape index (κ3) is 9.30. The molecular formula is C28H34O7. The zero-order chi connectivity index (χ0) is 24.9. The third-order valence-electron chi connectivity index (χ3n) is 5.61. The van der Waals surface area contributed by atoms with E-state index in [1.54, 1.807) is 32.3 Å². The van der Waals surface area contributed by atoms with E-state index in [1.165, 1.54) is 6.08 Å². The summed E-state index contributed by atoms with van der Waals surface area (Å²) in [6, 6.07) is 17.5. The van der Waals surface area contributed by atoms with Crippen LogP contribution < -0.4 is 4.74 Å². The molecule has 2 aromatic carbocycles. The normalized spacial score (nSPS) is 18.3. The van der Waals surface area contributed by atoms with Gasteiger partial charge in [-0.15, -0.1) is 0 Å². The molecule has 0 aromatic heterocycles. The molecule has 1 aliphatic rings. The predicted octanol–water partition coefficient (Wildman–Crippen LogP) is 4.34. The number of aliphatic hydroxyl groups is 1. The molecule has 1 heterocycles. The van der Waals surface area contributed by atoms with Gasteiger partial charge in [-0.05, 0) is 36.3 Å². The van der Waals surface area contributed by atoms with Crippen LogP contribution in [0.3, 0.4) is 0 Å². The Balaban J connectivity index is 1.53. The van der Waals surface area contributed by atoms with Gasteiger partial charge in [-0.25, -0.2) is 4.79 Å². The van der Waals surface area contributed by atoms with E-state index in [0.717, 1.165) is 16.9 Å². The van der Waals surface area contributed by atoms with Crippen molar-refractivity contribution in [1.82, 2.24) is 0 Å². The maximum absolute atomic E-state index is 11.5. The smallest absolute Gasteiger partial charge is 0.331 e. The first-order chi connectivity index (χ1) is 17.0. The van der Waals surface area contributed by atoms with Gasteiger partial charge in [-0.2, -0.15) is 0 Å². The SMILES string of the molecule is COc1ccc(COCC[C@@H](OCOCc2ccccc2)[C@](C)(O)/C=C/[C@H]2CC=CC(=O)O2)cc1. The van der Waals surface area contributed by atoms with Gasteiger partial charge >= 0.3 is 5.97 Å². The summed E-state index contributed by atoms with van der Waals surface area (Å²) in [7, 11) is 1.63. The molecule has 7 heteroatoms. The molecule has 3 rings (SSSR count). The summed E-state index contributed by atoms with van der Waals surface area (Å²) >= 11 is 0. The van der Waals surface area contributed by atoms with Crippen LogP contribution in [0.5, 0.6) is 5.75 Å². The highest BCUT2D eigenvalue weighted by molar-refractivity contribution is 5.82. The van der Waals surface area contributed by atoms with Crippen molar-refractivity contribution < 1.29 is 33.6 Å². The van der Waals surface area contributed by atoms with E-state index in [1.807, 2.05) is 54.6 Å². The molecule has 35 heavy (non-hydrogen) atoms. The Kier molecular flexibility index (Phi) is 10.5. The monoisotopic (exact) mass is 482 g/mol. The molecule has 0 amide bonds. The van der Waals surface area contributed by atoms with Crippen LogP contribution in [-0.2, 0) is 37.0 Å². The van der Waals surface area contributed by atoms with Crippen LogP contribution in [0, 0.1) is 0 Å². The van der Waals surface area contributed by atoms with E-state index >= 15 is 0 Å². The topological polar surface area (TPSA) is 83.5 Å². The number of rotatable bonds is 14. The van der Waals surface area contributed by atoms with Crippen molar-refractivity contribution in [3.8, 4) is 5.75 Å². The van der Waals surface area contributed by atoms with E-state index in [-0.39, 0.29) is 12.8 Å². The first kappa shape index (κ1) is 26.6. The lowest BCUT2D eigenvalue weighted by atomic mass is 9.95. The molecule has 1 aliphatic heterocycles. The predicted molar refractivity (Wildman–Crippen MR) is 132 cm³/mol. The summed E-state index contributed by atoms with van der Waals surface area (Å²) < 4.78 is 27.8. The van der Waals surface area contributed by atoms with Crippen molar-refractivity contribution in [3.05, 3.63) is 90.0 Å². The molecule has 1 N–H and O–H groups in total. The molecule has 0 saturated carbocycles. The molecule has 0 aliphatic carbocycles. The molecule has 7 nitrogen and oxygen atoms in total. The molecule has 0 bridgehead atoms. The highest BCUT2D eigenvalue weighted by Gasteiger charge is 2.31.